The lowest BCUT2D eigenvalue weighted by molar-refractivity contribution is -0.122. The number of hydrogen-bond donors (Lipinski definition) is 3. The van der Waals surface area contributed by atoms with Crippen LogP contribution in [-0.4, -0.2) is 34.2 Å². The third-order valence-corrected chi connectivity index (χ3v) is 6.62. The second-order valence-electron chi connectivity index (χ2n) is 9.06. The number of aryl methyl sites for hydroxylation is 1. The highest BCUT2D eigenvalue weighted by molar-refractivity contribution is 5.83. The van der Waals surface area contributed by atoms with Gasteiger partial charge < -0.3 is 20.1 Å². The minimum Gasteiger partial charge on any atom is -0.490 e. The molecule has 174 valence electrons. The predicted octanol–water partition coefficient (Wildman–Crippen LogP) is 5.24. The summed E-state index contributed by atoms with van der Waals surface area (Å²) in [7, 11) is 0. The first-order valence-electron chi connectivity index (χ1n) is 12.0. The van der Waals surface area contributed by atoms with Crippen molar-refractivity contribution in [2.24, 2.45) is 0 Å². The quantitative estimate of drug-likeness (QED) is 0.341. The van der Waals surface area contributed by atoms with Crippen molar-refractivity contribution in [2.75, 3.05) is 0 Å². The molecule has 0 aliphatic heterocycles. The number of ether oxygens (including phenoxy) is 1. The summed E-state index contributed by atoms with van der Waals surface area (Å²) in [5.41, 5.74) is 4.66. The molecule has 1 saturated carbocycles. The van der Waals surface area contributed by atoms with Crippen molar-refractivity contribution >= 4 is 16.8 Å². The van der Waals surface area contributed by atoms with Crippen LogP contribution in [0, 0.1) is 0 Å². The number of aromatic nitrogens is 1. The van der Waals surface area contributed by atoms with Gasteiger partial charge >= 0.3 is 0 Å². The molecule has 0 bridgehead atoms. The number of benzene rings is 3. The molecule has 1 aromatic heterocycles. The van der Waals surface area contributed by atoms with Crippen LogP contribution in [0.25, 0.3) is 22.0 Å². The number of rotatable bonds is 8. The van der Waals surface area contributed by atoms with Crippen LogP contribution in [0.5, 0.6) is 5.75 Å². The first kappa shape index (κ1) is 22.2. The van der Waals surface area contributed by atoms with Crippen LogP contribution in [0.3, 0.4) is 0 Å². The number of amides is 1. The Morgan fingerprint density at radius 3 is 2.50 bits per heavy atom. The number of fused-ring (bicyclic) bond motifs is 1. The van der Waals surface area contributed by atoms with Crippen LogP contribution in [0.4, 0.5) is 0 Å². The summed E-state index contributed by atoms with van der Waals surface area (Å²) in [4.78, 5) is 15.8. The molecule has 1 heterocycles. The number of aromatic amines is 1. The molecule has 4 aromatic rings. The molecule has 0 saturated heterocycles. The van der Waals surface area contributed by atoms with E-state index in [9.17, 15) is 9.90 Å². The van der Waals surface area contributed by atoms with Crippen LogP contribution in [0.1, 0.15) is 31.2 Å². The zero-order valence-electron chi connectivity index (χ0n) is 19.1. The van der Waals surface area contributed by atoms with E-state index in [-0.39, 0.29) is 18.1 Å². The van der Waals surface area contributed by atoms with Gasteiger partial charge in [-0.15, -0.1) is 0 Å². The van der Waals surface area contributed by atoms with Crippen LogP contribution in [0.15, 0.2) is 85.1 Å². The second-order valence-corrected chi connectivity index (χ2v) is 9.06. The van der Waals surface area contributed by atoms with E-state index in [1.165, 1.54) is 10.9 Å². The average Bonchev–Trinajstić information content (AvgIpc) is 3.43. The smallest absolute Gasteiger partial charge is 0.220 e. The van der Waals surface area contributed by atoms with Crippen molar-refractivity contribution in [3.8, 4) is 16.9 Å². The summed E-state index contributed by atoms with van der Waals surface area (Å²) in [5.74, 6) is 0.763. The van der Waals surface area contributed by atoms with Gasteiger partial charge in [-0.1, -0.05) is 60.7 Å². The lowest BCUT2D eigenvalue weighted by Crippen LogP contribution is -2.39. The van der Waals surface area contributed by atoms with Gasteiger partial charge in [0, 0.05) is 36.4 Å². The normalized spacial score (nSPS) is 19.9. The molecule has 0 spiro atoms. The molecule has 5 heteroatoms. The molecular weight excluding hydrogens is 424 g/mol. The van der Waals surface area contributed by atoms with Gasteiger partial charge in [0.05, 0.1) is 12.1 Å². The molecule has 0 radical (unpaired) electrons. The molecule has 3 N–H and O–H groups in total. The summed E-state index contributed by atoms with van der Waals surface area (Å²) in [6.07, 6.45) is 4.49. The summed E-state index contributed by atoms with van der Waals surface area (Å²) in [6.45, 7) is 0. The molecule has 1 amide bonds. The molecule has 0 unspecified atom stereocenters. The fraction of sp³-hybridized carbons (Fsp3) is 0.276. The number of aliphatic hydroxyl groups is 1. The molecular formula is C29H30N2O3. The Hall–Kier alpha value is -3.57. The lowest BCUT2D eigenvalue weighted by Gasteiger charge is -2.16. The molecule has 5 rings (SSSR count). The highest BCUT2D eigenvalue weighted by Gasteiger charge is 2.35. The number of carbonyl (C=O) groups is 1. The fourth-order valence-electron chi connectivity index (χ4n) is 4.83. The predicted molar refractivity (Wildman–Crippen MR) is 135 cm³/mol. The highest BCUT2D eigenvalue weighted by atomic mass is 16.5. The zero-order valence-corrected chi connectivity index (χ0v) is 19.1. The van der Waals surface area contributed by atoms with Gasteiger partial charge in [-0.25, -0.2) is 0 Å². The molecule has 1 aliphatic carbocycles. The van der Waals surface area contributed by atoms with Gasteiger partial charge in [0.1, 0.15) is 11.9 Å². The maximum Gasteiger partial charge on any atom is 0.220 e. The van der Waals surface area contributed by atoms with Crippen LogP contribution in [0.2, 0.25) is 0 Å². The van der Waals surface area contributed by atoms with Crippen molar-refractivity contribution < 1.29 is 14.6 Å². The highest BCUT2D eigenvalue weighted by Crippen LogP contribution is 2.28. The minimum atomic E-state index is -0.592. The average molecular weight is 455 g/mol. The van der Waals surface area contributed by atoms with Gasteiger partial charge in [0.15, 0.2) is 0 Å². The van der Waals surface area contributed by atoms with Gasteiger partial charge in [-0.2, -0.15) is 0 Å². The van der Waals surface area contributed by atoms with E-state index in [4.69, 9.17) is 4.74 Å². The van der Waals surface area contributed by atoms with Crippen molar-refractivity contribution in [3.05, 3.63) is 90.6 Å². The number of H-pyrrole nitrogens is 1. The Morgan fingerprint density at radius 1 is 0.941 bits per heavy atom. The Balaban J connectivity index is 1.09. The first-order valence-corrected chi connectivity index (χ1v) is 12.0. The monoisotopic (exact) mass is 454 g/mol. The lowest BCUT2D eigenvalue weighted by atomic mass is 10.1. The summed E-state index contributed by atoms with van der Waals surface area (Å²) in [6, 6.07) is 26.2. The number of hydrogen-bond acceptors (Lipinski definition) is 3. The summed E-state index contributed by atoms with van der Waals surface area (Å²) in [5, 5.41) is 14.7. The second kappa shape index (κ2) is 10.1. The van der Waals surface area contributed by atoms with E-state index in [0.717, 1.165) is 35.2 Å². The maximum absolute atomic E-state index is 12.5. The largest absolute Gasteiger partial charge is 0.490 e. The van der Waals surface area contributed by atoms with E-state index in [1.54, 1.807) is 0 Å². The SMILES string of the molecule is O=C(CCCc1c[nH]c2ccccc12)N[C@@H]1C[C@H](Oc2ccc(-c3ccccc3)cc2)C[C@H]1O. The summed E-state index contributed by atoms with van der Waals surface area (Å²) < 4.78 is 6.10. The standard InChI is InChI=1S/C29H30N2O3/c32-28-18-24(34-23-15-13-21(14-16-23)20-7-2-1-3-8-20)17-27(28)31-29(33)12-6-9-22-19-30-26-11-5-4-10-25(22)26/h1-5,7-8,10-11,13-16,19,24,27-28,30,32H,6,9,12,17-18H2,(H,31,33)/t24-,27+,28+/m0/s1. The van der Waals surface area contributed by atoms with Crippen molar-refractivity contribution in [1.82, 2.24) is 10.3 Å². The van der Waals surface area contributed by atoms with Gasteiger partial charge in [-0.05, 0) is 47.7 Å². The van der Waals surface area contributed by atoms with Gasteiger partial charge in [-0.3, -0.25) is 4.79 Å². The third kappa shape index (κ3) is 5.15. The topological polar surface area (TPSA) is 74.4 Å². The molecule has 1 aliphatic rings. The Labute approximate surface area is 199 Å². The van der Waals surface area contributed by atoms with E-state index >= 15 is 0 Å². The first-order chi connectivity index (χ1) is 16.7. The molecule has 5 nitrogen and oxygen atoms in total. The van der Waals surface area contributed by atoms with Crippen molar-refractivity contribution in [3.63, 3.8) is 0 Å². The van der Waals surface area contributed by atoms with Crippen LogP contribution < -0.4 is 10.1 Å². The summed E-state index contributed by atoms with van der Waals surface area (Å²) >= 11 is 0. The van der Waals surface area contributed by atoms with Crippen LogP contribution in [-0.2, 0) is 11.2 Å². The minimum absolute atomic E-state index is 0.0169. The fourth-order valence-corrected chi connectivity index (χ4v) is 4.83. The number of para-hydroxylation sites is 1. The number of nitrogens with one attached hydrogen (secondary N) is 2. The molecule has 1 fully saturated rings. The molecule has 3 aromatic carbocycles. The van der Waals surface area contributed by atoms with E-state index in [0.29, 0.717) is 19.3 Å². The number of aliphatic hydroxyl groups excluding tert-OH is 1. The van der Waals surface area contributed by atoms with E-state index in [2.05, 4.69) is 34.6 Å². The van der Waals surface area contributed by atoms with E-state index < -0.39 is 6.10 Å². The van der Waals surface area contributed by atoms with Crippen molar-refractivity contribution in [2.45, 2.75) is 50.4 Å². The third-order valence-electron chi connectivity index (χ3n) is 6.62. The Morgan fingerprint density at radius 2 is 1.68 bits per heavy atom. The zero-order chi connectivity index (χ0) is 23.3. The molecule has 34 heavy (non-hydrogen) atoms. The van der Waals surface area contributed by atoms with Crippen molar-refractivity contribution in [1.29, 1.82) is 0 Å². The van der Waals surface area contributed by atoms with Gasteiger partial charge in [0.25, 0.3) is 0 Å². The van der Waals surface area contributed by atoms with Crippen LogP contribution >= 0.6 is 0 Å². The Bertz CT molecular complexity index is 1230. The molecule has 3 atom stereocenters. The number of carbonyl (C=O) groups excluding carboxylic acids is 1. The maximum atomic E-state index is 12.5. The van der Waals surface area contributed by atoms with E-state index in [1.807, 2.05) is 60.8 Å². The van der Waals surface area contributed by atoms with Gasteiger partial charge in [0.2, 0.25) is 5.91 Å². The Kier molecular flexibility index (Phi) is 6.63.